The van der Waals surface area contributed by atoms with Gasteiger partial charge in [-0.1, -0.05) is 39.7 Å². The molecule has 0 saturated carbocycles. The van der Waals surface area contributed by atoms with Gasteiger partial charge in [0.15, 0.2) is 0 Å². The lowest BCUT2D eigenvalue weighted by Gasteiger charge is -2.18. The van der Waals surface area contributed by atoms with Crippen molar-refractivity contribution in [3.63, 3.8) is 0 Å². The fourth-order valence-electron chi connectivity index (χ4n) is 2.30. The summed E-state index contributed by atoms with van der Waals surface area (Å²) in [4.78, 5) is 0. The molecule has 1 unspecified atom stereocenters. The quantitative estimate of drug-likeness (QED) is 0.787. The van der Waals surface area contributed by atoms with Crippen molar-refractivity contribution in [2.24, 2.45) is 0 Å². The molecule has 0 aromatic heterocycles. The first kappa shape index (κ1) is 15.6. The van der Waals surface area contributed by atoms with Crippen molar-refractivity contribution in [3.05, 3.63) is 63.1 Å². The molecule has 0 amide bonds. The van der Waals surface area contributed by atoms with Gasteiger partial charge in [0, 0.05) is 21.6 Å². The average Bonchev–Trinajstić information content (AvgIpc) is 2.62. The maximum Gasteiger partial charge on any atom is 0.124 e. The lowest BCUT2D eigenvalue weighted by Crippen LogP contribution is -2.23. The summed E-state index contributed by atoms with van der Waals surface area (Å²) in [6.45, 7) is 1.50. The number of rotatable bonds is 1. The molecule has 0 bridgehead atoms. The van der Waals surface area contributed by atoms with Crippen LogP contribution in [-0.4, -0.2) is 13.2 Å². The summed E-state index contributed by atoms with van der Waals surface area (Å²) < 4.78 is 6.82. The Morgan fingerprint density at radius 2 is 1.90 bits per heavy atom. The monoisotopic (exact) mass is 373 g/mol. The van der Waals surface area contributed by atoms with Crippen LogP contribution in [0.3, 0.4) is 0 Å². The molecule has 1 atom stereocenters. The molecule has 0 fully saturated rings. The van der Waals surface area contributed by atoms with Gasteiger partial charge >= 0.3 is 0 Å². The molecule has 1 aliphatic rings. The van der Waals surface area contributed by atoms with Gasteiger partial charge in [0.1, 0.15) is 12.4 Å². The van der Waals surface area contributed by atoms with Crippen molar-refractivity contribution >= 4 is 39.9 Å². The summed E-state index contributed by atoms with van der Waals surface area (Å²) in [5.74, 6) is 0.938. The van der Waals surface area contributed by atoms with Gasteiger partial charge < -0.3 is 10.1 Å². The molecular weight excluding hydrogens is 361 g/mol. The smallest absolute Gasteiger partial charge is 0.124 e. The largest absolute Gasteiger partial charge is 0.492 e. The molecule has 0 spiro atoms. The molecule has 106 valence electrons. The third kappa shape index (κ3) is 3.29. The van der Waals surface area contributed by atoms with Gasteiger partial charge in [0.2, 0.25) is 0 Å². The van der Waals surface area contributed by atoms with Gasteiger partial charge in [-0.25, -0.2) is 0 Å². The minimum atomic E-state index is 0. The van der Waals surface area contributed by atoms with E-state index in [9.17, 15) is 0 Å². The third-order valence-electron chi connectivity index (χ3n) is 3.19. The number of hydrogen-bond donors (Lipinski definition) is 1. The third-order valence-corrected chi connectivity index (χ3v) is 3.94. The van der Waals surface area contributed by atoms with E-state index in [-0.39, 0.29) is 18.4 Å². The maximum absolute atomic E-state index is 5.96. The van der Waals surface area contributed by atoms with Crippen molar-refractivity contribution in [2.75, 3.05) is 13.2 Å². The van der Waals surface area contributed by atoms with Crippen molar-refractivity contribution in [1.29, 1.82) is 0 Å². The molecule has 20 heavy (non-hydrogen) atoms. The van der Waals surface area contributed by atoms with Crippen LogP contribution in [0.4, 0.5) is 0 Å². The number of ether oxygens (including phenoxy) is 1. The van der Waals surface area contributed by atoms with Crippen molar-refractivity contribution in [3.8, 4) is 5.75 Å². The SMILES string of the molecule is Cl.Clc1ccc(C2NCCOc3ccc(Br)cc32)cc1. The molecule has 0 saturated heterocycles. The number of halogens is 3. The summed E-state index contributed by atoms with van der Waals surface area (Å²) in [5.41, 5.74) is 2.34. The van der Waals surface area contributed by atoms with Crippen LogP contribution in [0.5, 0.6) is 5.75 Å². The molecule has 1 heterocycles. The first-order valence-corrected chi connectivity index (χ1v) is 7.32. The fourth-order valence-corrected chi connectivity index (χ4v) is 2.81. The highest BCUT2D eigenvalue weighted by atomic mass is 79.9. The maximum atomic E-state index is 5.96. The number of fused-ring (bicyclic) bond motifs is 1. The lowest BCUT2D eigenvalue weighted by atomic mass is 9.98. The molecule has 2 nitrogen and oxygen atoms in total. The Bertz CT molecular complexity index is 589. The average molecular weight is 375 g/mol. The minimum Gasteiger partial charge on any atom is -0.492 e. The van der Waals surface area contributed by atoms with E-state index in [1.807, 2.05) is 24.3 Å². The Hall–Kier alpha value is -0.740. The van der Waals surface area contributed by atoms with E-state index in [0.717, 1.165) is 27.4 Å². The van der Waals surface area contributed by atoms with Crippen LogP contribution in [0.2, 0.25) is 5.02 Å². The van der Waals surface area contributed by atoms with E-state index in [1.165, 1.54) is 5.56 Å². The van der Waals surface area contributed by atoms with Gasteiger partial charge in [-0.3, -0.25) is 0 Å². The predicted octanol–water partition coefficient (Wildman–Crippen LogP) is 4.60. The number of nitrogens with one attached hydrogen (secondary N) is 1. The van der Waals surface area contributed by atoms with Gasteiger partial charge in [-0.05, 0) is 35.9 Å². The molecule has 2 aromatic carbocycles. The summed E-state index contributed by atoms with van der Waals surface area (Å²) in [7, 11) is 0. The van der Waals surface area contributed by atoms with E-state index < -0.39 is 0 Å². The lowest BCUT2D eigenvalue weighted by molar-refractivity contribution is 0.325. The van der Waals surface area contributed by atoms with Crippen LogP contribution >= 0.6 is 39.9 Å². The van der Waals surface area contributed by atoms with Crippen LogP contribution in [0.25, 0.3) is 0 Å². The highest BCUT2D eigenvalue weighted by molar-refractivity contribution is 9.10. The molecule has 5 heteroatoms. The first-order valence-electron chi connectivity index (χ1n) is 6.15. The van der Waals surface area contributed by atoms with Crippen LogP contribution < -0.4 is 10.1 Å². The van der Waals surface area contributed by atoms with E-state index in [4.69, 9.17) is 16.3 Å². The molecule has 0 aliphatic carbocycles. The summed E-state index contributed by atoms with van der Waals surface area (Å²) in [5, 5.41) is 4.26. The van der Waals surface area contributed by atoms with Crippen molar-refractivity contribution < 1.29 is 4.74 Å². The topological polar surface area (TPSA) is 21.3 Å². The Balaban J connectivity index is 0.00000147. The Morgan fingerprint density at radius 3 is 2.65 bits per heavy atom. The molecule has 1 N–H and O–H groups in total. The molecule has 0 radical (unpaired) electrons. The zero-order chi connectivity index (χ0) is 13.2. The number of benzene rings is 2. The number of hydrogen-bond acceptors (Lipinski definition) is 2. The van der Waals surface area contributed by atoms with Gasteiger partial charge in [0.25, 0.3) is 0 Å². The minimum absolute atomic E-state index is 0. The highest BCUT2D eigenvalue weighted by Crippen LogP contribution is 2.34. The van der Waals surface area contributed by atoms with Crippen LogP contribution in [-0.2, 0) is 0 Å². The summed E-state index contributed by atoms with van der Waals surface area (Å²) >= 11 is 9.48. The first-order chi connectivity index (χ1) is 9.24. The Kier molecular flexibility index (Phi) is 5.33. The van der Waals surface area contributed by atoms with Crippen LogP contribution in [0, 0.1) is 0 Å². The zero-order valence-corrected chi connectivity index (χ0v) is 13.8. The van der Waals surface area contributed by atoms with Gasteiger partial charge in [-0.2, -0.15) is 0 Å². The van der Waals surface area contributed by atoms with E-state index >= 15 is 0 Å². The predicted molar refractivity (Wildman–Crippen MR) is 88.2 cm³/mol. The second kappa shape index (κ2) is 6.81. The summed E-state index contributed by atoms with van der Waals surface area (Å²) in [6, 6.07) is 14.2. The second-order valence-corrected chi connectivity index (χ2v) is 5.82. The zero-order valence-electron chi connectivity index (χ0n) is 10.6. The molecule has 1 aliphatic heterocycles. The normalized spacial score (nSPS) is 17.4. The molecule has 2 aromatic rings. The Labute approximate surface area is 138 Å². The van der Waals surface area contributed by atoms with Gasteiger partial charge in [-0.15, -0.1) is 12.4 Å². The standard InChI is InChI=1S/C15H13BrClNO.ClH/c16-11-3-6-14-13(9-11)15(18-7-8-19-14)10-1-4-12(17)5-2-10;/h1-6,9,15,18H,7-8H2;1H. The van der Waals surface area contributed by atoms with Crippen molar-refractivity contribution in [1.82, 2.24) is 5.32 Å². The van der Waals surface area contributed by atoms with Gasteiger partial charge in [0.05, 0.1) is 6.04 Å². The highest BCUT2D eigenvalue weighted by Gasteiger charge is 2.21. The fraction of sp³-hybridized carbons (Fsp3) is 0.200. The van der Waals surface area contributed by atoms with Crippen LogP contribution in [0.1, 0.15) is 17.2 Å². The van der Waals surface area contributed by atoms with Crippen molar-refractivity contribution in [2.45, 2.75) is 6.04 Å². The van der Waals surface area contributed by atoms with E-state index in [0.29, 0.717) is 6.61 Å². The molecule has 3 rings (SSSR count). The van der Waals surface area contributed by atoms with Crippen LogP contribution in [0.15, 0.2) is 46.9 Å². The Morgan fingerprint density at radius 1 is 1.15 bits per heavy atom. The van der Waals surface area contributed by atoms with E-state index in [1.54, 1.807) is 0 Å². The van der Waals surface area contributed by atoms with E-state index in [2.05, 4.69) is 39.4 Å². The summed E-state index contributed by atoms with van der Waals surface area (Å²) in [6.07, 6.45) is 0. The second-order valence-electron chi connectivity index (χ2n) is 4.47. The molecular formula is C15H14BrCl2NO.